The van der Waals surface area contributed by atoms with Crippen LogP contribution >= 0.6 is 11.3 Å². The van der Waals surface area contributed by atoms with E-state index < -0.39 is 12.7 Å². The van der Waals surface area contributed by atoms with Crippen molar-refractivity contribution in [3.05, 3.63) is 29.5 Å². The Morgan fingerprint density at radius 1 is 1.39 bits per heavy atom. The van der Waals surface area contributed by atoms with Gasteiger partial charge in [0.2, 0.25) is 5.89 Å². The normalized spacial score (nSPS) is 19.4. The topological polar surface area (TPSA) is 38.5 Å². The minimum atomic E-state index is -4.25. The summed E-state index contributed by atoms with van der Waals surface area (Å²) in [6.07, 6.45) is -1.34. The number of aromatic nitrogens is 1. The van der Waals surface area contributed by atoms with Gasteiger partial charge in [0, 0.05) is 19.2 Å². The van der Waals surface area contributed by atoms with E-state index in [0.717, 1.165) is 11.3 Å². The summed E-state index contributed by atoms with van der Waals surface area (Å²) in [5, 5.41) is 1.90. The maximum atomic E-state index is 12.9. The van der Waals surface area contributed by atoms with Crippen molar-refractivity contribution in [1.82, 2.24) is 9.88 Å². The van der Waals surface area contributed by atoms with Crippen LogP contribution in [0.5, 0.6) is 0 Å². The Kier molecular flexibility index (Phi) is 5.03. The molecule has 3 rings (SSSR count). The highest BCUT2D eigenvalue weighted by Crippen LogP contribution is 2.26. The van der Waals surface area contributed by atoms with Crippen molar-refractivity contribution in [3.63, 3.8) is 0 Å². The average molecular weight is 346 g/mol. The van der Waals surface area contributed by atoms with Gasteiger partial charge in [0.25, 0.3) is 0 Å². The van der Waals surface area contributed by atoms with Gasteiger partial charge >= 0.3 is 6.18 Å². The van der Waals surface area contributed by atoms with Gasteiger partial charge in [0.15, 0.2) is 0 Å². The zero-order valence-corrected chi connectivity index (χ0v) is 13.2. The van der Waals surface area contributed by atoms with Crippen LogP contribution in [-0.4, -0.2) is 41.9 Å². The third-order valence-electron chi connectivity index (χ3n) is 3.68. The molecule has 0 unspecified atom stereocenters. The van der Waals surface area contributed by atoms with Crippen molar-refractivity contribution in [3.8, 4) is 10.8 Å². The summed E-state index contributed by atoms with van der Waals surface area (Å²) in [7, 11) is 0. The smallest absolute Gasteiger partial charge is 0.401 e. The first-order chi connectivity index (χ1) is 11.0. The first-order valence-corrected chi connectivity index (χ1v) is 8.26. The Balaban J connectivity index is 1.72. The van der Waals surface area contributed by atoms with Crippen molar-refractivity contribution in [2.75, 3.05) is 19.8 Å². The summed E-state index contributed by atoms with van der Waals surface area (Å²) >= 11 is 1.48. The van der Waals surface area contributed by atoms with Gasteiger partial charge in [-0.2, -0.15) is 13.2 Å². The van der Waals surface area contributed by atoms with Crippen LogP contribution in [0.15, 0.2) is 28.2 Å². The molecule has 2 aromatic heterocycles. The number of oxazole rings is 1. The van der Waals surface area contributed by atoms with E-state index in [1.807, 2.05) is 17.5 Å². The molecule has 0 radical (unpaired) electrons. The third kappa shape index (κ3) is 4.55. The van der Waals surface area contributed by atoms with Gasteiger partial charge in [-0.3, -0.25) is 4.90 Å². The van der Waals surface area contributed by atoms with E-state index in [2.05, 4.69) is 4.98 Å². The van der Waals surface area contributed by atoms with E-state index in [1.165, 1.54) is 22.5 Å². The van der Waals surface area contributed by atoms with Crippen LogP contribution in [0.1, 0.15) is 18.5 Å². The van der Waals surface area contributed by atoms with Crippen LogP contribution in [0.3, 0.4) is 0 Å². The summed E-state index contributed by atoms with van der Waals surface area (Å²) in [6.45, 7) is 0.0686. The maximum Gasteiger partial charge on any atom is 0.401 e. The Morgan fingerprint density at radius 3 is 2.91 bits per heavy atom. The summed E-state index contributed by atoms with van der Waals surface area (Å²) in [5.41, 5.74) is 0.503. The molecule has 0 aromatic carbocycles. The predicted octanol–water partition coefficient (Wildman–Crippen LogP) is 3.95. The minimum Gasteiger partial charge on any atom is -0.444 e. The number of nitrogens with zero attached hydrogens (tertiary/aromatic N) is 2. The van der Waals surface area contributed by atoms with E-state index in [4.69, 9.17) is 9.15 Å². The molecule has 126 valence electrons. The molecule has 0 amide bonds. The Hall–Kier alpha value is -1.38. The molecule has 1 saturated heterocycles. The lowest BCUT2D eigenvalue weighted by molar-refractivity contribution is -0.157. The van der Waals surface area contributed by atoms with E-state index in [0.29, 0.717) is 31.2 Å². The number of halogens is 3. The van der Waals surface area contributed by atoms with Gasteiger partial charge in [-0.15, -0.1) is 11.3 Å². The van der Waals surface area contributed by atoms with Crippen molar-refractivity contribution >= 4 is 11.3 Å². The minimum absolute atomic E-state index is 0.0996. The Morgan fingerprint density at radius 2 is 2.26 bits per heavy atom. The van der Waals surface area contributed by atoms with Crippen molar-refractivity contribution < 1.29 is 22.3 Å². The second kappa shape index (κ2) is 7.02. The molecule has 0 N–H and O–H groups in total. The highest BCUT2D eigenvalue weighted by Gasteiger charge is 2.35. The molecule has 23 heavy (non-hydrogen) atoms. The number of hydrogen-bond acceptors (Lipinski definition) is 5. The number of ether oxygens (including phenoxy) is 1. The molecule has 1 atom stereocenters. The van der Waals surface area contributed by atoms with Crippen LogP contribution in [0.4, 0.5) is 13.2 Å². The molecule has 0 spiro atoms. The van der Waals surface area contributed by atoms with Crippen molar-refractivity contribution in [1.29, 1.82) is 0 Å². The standard InChI is InChI=1S/C15H17F3N2O2S/c16-15(17,18)10-20(12-3-1-5-21-9-12)7-11-8-22-14(19-11)13-4-2-6-23-13/h2,4,6,8,12H,1,3,5,7,9-10H2/t12-/m1/s1. The molecule has 1 aliphatic rings. The Bertz CT molecular complexity index is 607. The molecule has 3 heterocycles. The van der Waals surface area contributed by atoms with Crippen molar-refractivity contribution in [2.45, 2.75) is 31.6 Å². The first kappa shape index (κ1) is 16.5. The van der Waals surface area contributed by atoms with E-state index in [1.54, 1.807) is 0 Å². The summed E-state index contributed by atoms with van der Waals surface area (Å²) in [4.78, 5) is 6.56. The number of rotatable bonds is 5. The summed E-state index contributed by atoms with van der Waals surface area (Å²) < 4.78 is 49.3. The average Bonchev–Trinajstić information content (AvgIpc) is 3.17. The second-order valence-electron chi connectivity index (χ2n) is 5.51. The van der Waals surface area contributed by atoms with Gasteiger partial charge in [-0.05, 0) is 24.3 Å². The number of thiophene rings is 1. The molecule has 8 heteroatoms. The molecule has 1 fully saturated rings. The highest BCUT2D eigenvalue weighted by atomic mass is 32.1. The molecule has 0 aliphatic carbocycles. The quantitative estimate of drug-likeness (QED) is 0.822. The lowest BCUT2D eigenvalue weighted by Crippen LogP contribution is -2.45. The molecular formula is C15H17F3N2O2S. The third-order valence-corrected chi connectivity index (χ3v) is 4.54. The maximum absolute atomic E-state index is 12.9. The fraction of sp³-hybridized carbons (Fsp3) is 0.533. The lowest BCUT2D eigenvalue weighted by atomic mass is 10.1. The largest absolute Gasteiger partial charge is 0.444 e. The van der Waals surface area contributed by atoms with E-state index >= 15 is 0 Å². The van der Waals surface area contributed by atoms with Gasteiger partial charge in [-0.1, -0.05) is 6.07 Å². The SMILES string of the molecule is FC(F)(F)CN(Cc1coc(-c2cccs2)n1)[C@@H]1CCCOC1. The molecule has 0 saturated carbocycles. The monoisotopic (exact) mass is 346 g/mol. The molecule has 1 aliphatic heterocycles. The van der Waals surface area contributed by atoms with Crippen LogP contribution in [-0.2, 0) is 11.3 Å². The van der Waals surface area contributed by atoms with Gasteiger partial charge < -0.3 is 9.15 Å². The molecule has 4 nitrogen and oxygen atoms in total. The van der Waals surface area contributed by atoms with Crippen LogP contribution in [0.25, 0.3) is 10.8 Å². The van der Waals surface area contributed by atoms with Crippen molar-refractivity contribution in [2.24, 2.45) is 0 Å². The zero-order chi connectivity index (χ0) is 16.3. The molecule has 0 bridgehead atoms. The van der Waals surface area contributed by atoms with Crippen LogP contribution < -0.4 is 0 Å². The lowest BCUT2D eigenvalue weighted by Gasteiger charge is -2.34. The predicted molar refractivity (Wildman–Crippen MR) is 80.1 cm³/mol. The van der Waals surface area contributed by atoms with Gasteiger partial charge in [0.05, 0.1) is 23.7 Å². The summed E-state index contributed by atoms with van der Waals surface area (Å²) in [5.74, 6) is 0.446. The number of alkyl halides is 3. The molecule has 2 aromatic rings. The van der Waals surface area contributed by atoms with Gasteiger partial charge in [-0.25, -0.2) is 4.98 Å². The summed E-state index contributed by atoms with van der Waals surface area (Å²) in [6, 6.07) is 3.49. The van der Waals surface area contributed by atoms with E-state index in [-0.39, 0.29) is 12.6 Å². The fourth-order valence-electron chi connectivity index (χ4n) is 2.66. The highest BCUT2D eigenvalue weighted by molar-refractivity contribution is 7.13. The van der Waals surface area contributed by atoms with Crippen LogP contribution in [0.2, 0.25) is 0 Å². The van der Waals surface area contributed by atoms with E-state index in [9.17, 15) is 13.2 Å². The number of hydrogen-bond donors (Lipinski definition) is 0. The second-order valence-corrected chi connectivity index (χ2v) is 6.46. The Labute approximate surface area is 135 Å². The molecular weight excluding hydrogens is 329 g/mol. The first-order valence-electron chi connectivity index (χ1n) is 7.38. The zero-order valence-electron chi connectivity index (χ0n) is 12.4. The fourth-order valence-corrected chi connectivity index (χ4v) is 3.31. The van der Waals surface area contributed by atoms with Crippen LogP contribution in [0, 0.1) is 0 Å². The van der Waals surface area contributed by atoms with Gasteiger partial charge in [0.1, 0.15) is 6.26 Å².